The number of aromatic nitrogens is 4. The molecule has 3 saturated heterocycles. The first-order valence-electron chi connectivity index (χ1n) is 19.9. The molecule has 0 aliphatic carbocycles. The molecule has 0 aromatic carbocycles. The molecule has 5 heterocycles. The van der Waals surface area contributed by atoms with Gasteiger partial charge in [0.1, 0.15) is 73.6 Å². The van der Waals surface area contributed by atoms with Gasteiger partial charge in [0, 0.05) is 20.0 Å². The van der Waals surface area contributed by atoms with Crippen LogP contribution in [-0.4, -0.2) is 208 Å². The molecule has 15 atom stereocenters. The third-order valence-electron chi connectivity index (χ3n) is 10.6. The number of ether oxygens (including phenoxy) is 4. The molecule has 0 bridgehead atoms. The zero-order chi connectivity index (χ0) is 46.3. The van der Waals surface area contributed by atoms with Gasteiger partial charge in [-0.05, 0) is 26.2 Å². The normalized spacial score (nSPS) is 32.4. The molecule has 0 saturated carbocycles. The number of rotatable bonds is 18. The Balaban J connectivity index is 1.16. The van der Waals surface area contributed by atoms with Gasteiger partial charge in [-0.15, -0.1) is 0 Å². The number of fused-ring (bicyclic) bond motifs is 1. The number of hydrogen-bond donors (Lipinski definition) is 15. The summed E-state index contributed by atoms with van der Waals surface area (Å²) in [4.78, 5) is 86.1. The fraction of sp³-hybridized carbons (Fsp3) is 0.714. The lowest BCUT2D eigenvalue weighted by molar-refractivity contribution is -0.268. The molecule has 3 fully saturated rings. The highest BCUT2D eigenvalue weighted by molar-refractivity contribution is 5.91. The quantitative estimate of drug-likeness (QED) is 0.0618. The lowest BCUT2D eigenvalue weighted by Crippen LogP contribution is -2.64. The largest absolute Gasteiger partial charge is 0.394 e. The van der Waals surface area contributed by atoms with Crippen LogP contribution in [0.3, 0.4) is 0 Å². The van der Waals surface area contributed by atoms with Crippen molar-refractivity contribution in [2.75, 3.05) is 38.6 Å². The van der Waals surface area contributed by atoms with Gasteiger partial charge in [-0.2, -0.15) is 4.98 Å². The highest BCUT2D eigenvalue weighted by Gasteiger charge is 2.47. The molecule has 5 amide bonds. The summed E-state index contributed by atoms with van der Waals surface area (Å²) < 4.78 is 23.2. The second kappa shape index (κ2) is 21.6. The Hall–Kier alpha value is -4.98. The first-order valence-corrected chi connectivity index (χ1v) is 19.9. The Morgan fingerprint density at radius 2 is 1.60 bits per heavy atom. The molecule has 0 radical (unpaired) electrons. The van der Waals surface area contributed by atoms with Crippen molar-refractivity contribution in [2.45, 2.75) is 125 Å². The van der Waals surface area contributed by atoms with Crippen LogP contribution in [0.1, 0.15) is 39.3 Å². The van der Waals surface area contributed by atoms with Crippen LogP contribution >= 0.6 is 0 Å². The van der Waals surface area contributed by atoms with Crippen LogP contribution in [-0.2, 0) is 42.9 Å². The second-order valence-corrected chi connectivity index (χ2v) is 15.2. The van der Waals surface area contributed by atoms with E-state index >= 15 is 0 Å². The number of nitrogens with zero attached hydrogens (tertiary/aromatic N) is 3. The van der Waals surface area contributed by atoms with E-state index in [-0.39, 0.29) is 42.9 Å². The summed E-state index contributed by atoms with van der Waals surface area (Å²) in [6.45, 7) is 0.106. The van der Waals surface area contributed by atoms with Gasteiger partial charge in [0.15, 0.2) is 29.8 Å². The molecule has 2 aromatic heterocycles. The van der Waals surface area contributed by atoms with Crippen molar-refractivity contribution in [1.29, 1.82) is 0 Å². The number of aliphatic hydroxyl groups excluding tert-OH is 8. The van der Waals surface area contributed by atoms with Gasteiger partial charge < -0.3 is 92.1 Å². The summed E-state index contributed by atoms with van der Waals surface area (Å²) in [6.07, 6.45) is -17.7. The van der Waals surface area contributed by atoms with E-state index < -0.39 is 153 Å². The van der Waals surface area contributed by atoms with E-state index in [1.165, 1.54) is 11.5 Å². The van der Waals surface area contributed by atoms with Crippen LogP contribution < -0.4 is 37.9 Å². The first-order chi connectivity index (χ1) is 29.8. The van der Waals surface area contributed by atoms with Gasteiger partial charge in [-0.25, -0.2) is 4.98 Å². The summed E-state index contributed by atoms with van der Waals surface area (Å²) in [7, 11) is 0. The average molecular weight is 903 g/mol. The maximum atomic E-state index is 13.5. The molecule has 352 valence electrons. The summed E-state index contributed by atoms with van der Waals surface area (Å²) >= 11 is 0. The minimum absolute atomic E-state index is 0.0289. The van der Waals surface area contributed by atoms with Crippen LogP contribution in [0.25, 0.3) is 11.2 Å². The number of unbranched alkanes of at least 4 members (excludes halogenated alkanes) is 1. The van der Waals surface area contributed by atoms with Crippen LogP contribution in [0.15, 0.2) is 11.1 Å². The number of hydrogen-bond acceptors (Lipinski definition) is 21. The molecule has 0 unspecified atom stereocenters. The van der Waals surface area contributed by atoms with Gasteiger partial charge >= 0.3 is 0 Å². The smallest absolute Gasteiger partial charge is 0.280 e. The number of nitrogen functional groups attached to an aromatic ring is 1. The standard InChI is InChI=1S/C35H54N10O18/c1-12-21(50)25(54)26(55)28(61-12)32(59)39-8-17(48)42-14(5-3-4-6-37-18(49)10-60-34-19(41-13(2)47)24(53)23(52)16(9-46)63-34)30(57)38-7-15-22(51)27(56)33(62-15)45-11-40-20-29(45)43-35(36)44-31(20)58/h11-12,14-16,19,21-28,33-34,46,50-56H,3-10H2,1-2H3,(H,37,49)(H,38,57)(H,39,59)(H,41,47)(H,42,48)(H3,36,43,44,58)/t12-,14-,15+,16+,19+,21+,22+,23+,24+,25+,26-,27+,28-,33+,34+/m0/s1. The number of aromatic amines is 1. The SMILES string of the molecule is CC(=O)N[C@H]1[C@H](OCC(=O)NCCCC[C@H](NC(=O)CNC(=O)[C@H]2O[C@@H](C)[C@@H](O)[C@@H](O)[C@@H]2O)C(=O)NC[C@H]2O[C@@H](n3cnc4c(=O)[nH]c(N)nc43)[C@H](O)[C@@H]2O)O[C@H](CO)[C@@H](O)[C@@H]1O. The monoisotopic (exact) mass is 902 g/mol. The zero-order valence-electron chi connectivity index (χ0n) is 34.0. The Morgan fingerprint density at radius 1 is 0.889 bits per heavy atom. The van der Waals surface area contributed by atoms with E-state index in [0.717, 1.165) is 13.3 Å². The summed E-state index contributed by atoms with van der Waals surface area (Å²) in [5.74, 6) is -4.15. The predicted molar refractivity (Wildman–Crippen MR) is 207 cm³/mol. The molecular weight excluding hydrogens is 848 g/mol. The van der Waals surface area contributed by atoms with Crippen LogP contribution in [0.2, 0.25) is 0 Å². The minimum Gasteiger partial charge on any atom is -0.394 e. The number of amides is 5. The molecule has 3 aliphatic heterocycles. The number of aliphatic hydroxyl groups is 8. The first kappa shape index (κ1) is 49.0. The molecule has 5 rings (SSSR count). The van der Waals surface area contributed by atoms with Crippen LogP contribution in [0.4, 0.5) is 5.95 Å². The Kier molecular flexibility index (Phi) is 16.8. The Bertz CT molecular complexity index is 1990. The van der Waals surface area contributed by atoms with Gasteiger partial charge in [-0.1, -0.05) is 0 Å². The van der Waals surface area contributed by atoms with Crippen molar-refractivity contribution in [3.05, 3.63) is 16.7 Å². The molecule has 2 aromatic rings. The van der Waals surface area contributed by atoms with E-state index in [1.54, 1.807) is 0 Å². The van der Waals surface area contributed by atoms with Crippen molar-refractivity contribution in [3.8, 4) is 0 Å². The summed E-state index contributed by atoms with van der Waals surface area (Å²) in [5, 5.41) is 94.2. The molecule has 0 spiro atoms. The average Bonchev–Trinajstić information content (AvgIpc) is 3.79. The highest BCUT2D eigenvalue weighted by atomic mass is 16.7. The van der Waals surface area contributed by atoms with Gasteiger partial charge in [-0.3, -0.25) is 38.3 Å². The van der Waals surface area contributed by atoms with Crippen molar-refractivity contribution >= 4 is 46.6 Å². The lowest BCUT2D eigenvalue weighted by atomic mass is 9.95. The molecule has 16 N–H and O–H groups in total. The molecule has 28 nitrogen and oxygen atoms in total. The number of imidazole rings is 1. The van der Waals surface area contributed by atoms with Gasteiger partial charge in [0.2, 0.25) is 29.6 Å². The van der Waals surface area contributed by atoms with Crippen molar-refractivity contribution in [1.82, 2.24) is 46.1 Å². The van der Waals surface area contributed by atoms with E-state index in [9.17, 15) is 69.6 Å². The maximum Gasteiger partial charge on any atom is 0.280 e. The van der Waals surface area contributed by atoms with Crippen molar-refractivity contribution in [2.24, 2.45) is 0 Å². The molecule has 63 heavy (non-hydrogen) atoms. The van der Waals surface area contributed by atoms with Crippen LogP contribution in [0, 0.1) is 0 Å². The zero-order valence-corrected chi connectivity index (χ0v) is 34.0. The van der Waals surface area contributed by atoms with Crippen molar-refractivity contribution < 1.29 is 83.8 Å². The Labute approximate surface area is 356 Å². The van der Waals surface area contributed by atoms with E-state index in [0.29, 0.717) is 0 Å². The van der Waals surface area contributed by atoms with Gasteiger partial charge in [0.05, 0.1) is 25.6 Å². The molecule has 3 aliphatic rings. The number of carbonyl (C=O) groups is 5. The number of H-pyrrole nitrogens is 1. The van der Waals surface area contributed by atoms with Crippen molar-refractivity contribution in [3.63, 3.8) is 0 Å². The molecule has 28 heteroatoms. The number of nitrogens with two attached hydrogens (primary N) is 1. The number of carbonyl (C=O) groups excluding carboxylic acids is 5. The predicted octanol–water partition coefficient (Wildman–Crippen LogP) is -8.85. The third-order valence-corrected chi connectivity index (χ3v) is 10.6. The fourth-order valence-corrected chi connectivity index (χ4v) is 7.15. The van der Waals surface area contributed by atoms with E-state index in [1.807, 2.05) is 0 Å². The second-order valence-electron chi connectivity index (χ2n) is 15.2. The minimum atomic E-state index is -1.82. The van der Waals surface area contributed by atoms with Gasteiger partial charge in [0.25, 0.3) is 11.5 Å². The Morgan fingerprint density at radius 3 is 2.30 bits per heavy atom. The van der Waals surface area contributed by atoms with Crippen LogP contribution in [0.5, 0.6) is 0 Å². The maximum absolute atomic E-state index is 13.5. The number of anilines is 1. The third kappa shape index (κ3) is 11.8. The van der Waals surface area contributed by atoms with E-state index in [4.69, 9.17) is 24.7 Å². The summed E-state index contributed by atoms with van der Waals surface area (Å²) in [5.41, 5.74) is 4.83. The summed E-state index contributed by atoms with van der Waals surface area (Å²) in [6, 6.07) is -2.57. The van der Waals surface area contributed by atoms with E-state index in [2.05, 4.69) is 41.5 Å². The highest BCUT2D eigenvalue weighted by Crippen LogP contribution is 2.31. The lowest BCUT2D eigenvalue weighted by Gasteiger charge is -2.42. The molecular formula is C35H54N10O18. The number of nitrogens with one attached hydrogen (secondary N) is 6. The topological polar surface area (TPSA) is 434 Å². The fourth-order valence-electron chi connectivity index (χ4n) is 7.15.